The van der Waals surface area contributed by atoms with Gasteiger partial charge >= 0.3 is 5.69 Å². The van der Waals surface area contributed by atoms with E-state index in [-0.39, 0.29) is 23.1 Å². The molecule has 0 aliphatic rings. The minimum atomic E-state index is -0.559. The molecule has 0 fully saturated rings. The molecule has 2 rings (SSSR count). The lowest BCUT2D eigenvalue weighted by molar-refractivity contribution is -0.383. The molecular weight excluding hydrogens is 277 g/mol. The smallest absolute Gasteiger partial charge is 0.353 e. The van der Waals surface area contributed by atoms with Crippen molar-refractivity contribution in [2.45, 2.75) is 13.8 Å². The Kier molecular flexibility index (Phi) is 4.27. The molecule has 0 saturated carbocycles. The van der Waals surface area contributed by atoms with Gasteiger partial charge in [0.05, 0.1) is 4.92 Å². The van der Waals surface area contributed by atoms with Gasteiger partial charge in [-0.3, -0.25) is 10.1 Å². The fraction of sp³-hybridized carbons (Fsp3) is 0.231. The number of benzene rings is 1. The number of rotatable bonds is 5. The van der Waals surface area contributed by atoms with E-state index in [0.717, 1.165) is 0 Å². The quantitative estimate of drug-likeness (QED) is 0.649. The molecule has 8 heteroatoms. The summed E-state index contributed by atoms with van der Waals surface area (Å²) in [5.41, 5.74) is 0.697. The molecule has 0 aliphatic heterocycles. The fourth-order valence-corrected chi connectivity index (χ4v) is 1.80. The second kappa shape index (κ2) is 6.12. The molecule has 2 aromatic rings. The third-order valence-corrected chi connectivity index (χ3v) is 2.77. The first-order valence-corrected chi connectivity index (χ1v) is 6.29. The van der Waals surface area contributed by atoms with E-state index in [2.05, 4.69) is 20.6 Å². The normalized spacial score (nSPS) is 10.2. The number of anilines is 3. The van der Waals surface area contributed by atoms with Crippen LogP contribution in [0.3, 0.4) is 0 Å². The van der Waals surface area contributed by atoms with Crippen molar-refractivity contribution in [3.63, 3.8) is 0 Å². The Balaban J connectivity index is 2.41. The molecule has 1 heterocycles. The SMILES string of the molecule is CCNc1ncnc(Nc2ccc(F)c(C)c2)c1[N+](=O)[O-]. The van der Waals surface area contributed by atoms with E-state index in [9.17, 15) is 14.5 Å². The van der Waals surface area contributed by atoms with Crippen molar-refractivity contribution in [1.29, 1.82) is 0 Å². The highest BCUT2D eigenvalue weighted by atomic mass is 19.1. The van der Waals surface area contributed by atoms with Gasteiger partial charge in [-0.2, -0.15) is 0 Å². The topological polar surface area (TPSA) is 93.0 Å². The predicted octanol–water partition coefficient (Wildman–Crippen LogP) is 3.01. The Labute approximate surface area is 120 Å². The van der Waals surface area contributed by atoms with Crippen molar-refractivity contribution in [2.75, 3.05) is 17.2 Å². The number of halogens is 1. The summed E-state index contributed by atoms with van der Waals surface area (Å²) in [6, 6.07) is 4.32. The summed E-state index contributed by atoms with van der Waals surface area (Å²) in [5.74, 6) is -0.151. The Morgan fingerprint density at radius 2 is 2.05 bits per heavy atom. The maximum absolute atomic E-state index is 13.2. The van der Waals surface area contributed by atoms with Gasteiger partial charge in [-0.25, -0.2) is 14.4 Å². The lowest BCUT2D eigenvalue weighted by atomic mass is 10.2. The molecule has 0 unspecified atom stereocenters. The number of aromatic nitrogens is 2. The molecule has 110 valence electrons. The molecule has 0 aliphatic carbocycles. The van der Waals surface area contributed by atoms with Gasteiger partial charge in [-0.1, -0.05) is 0 Å². The monoisotopic (exact) mass is 291 g/mol. The highest BCUT2D eigenvalue weighted by molar-refractivity contribution is 5.73. The van der Waals surface area contributed by atoms with E-state index >= 15 is 0 Å². The number of hydrogen-bond acceptors (Lipinski definition) is 6. The molecule has 21 heavy (non-hydrogen) atoms. The number of nitrogens with zero attached hydrogens (tertiary/aromatic N) is 3. The second-order valence-electron chi connectivity index (χ2n) is 4.30. The predicted molar refractivity (Wildman–Crippen MR) is 77.3 cm³/mol. The van der Waals surface area contributed by atoms with Crippen molar-refractivity contribution in [1.82, 2.24) is 9.97 Å². The van der Waals surface area contributed by atoms with Crippen LogP contribution in [0.2, 0.25) is 0 Å². The number of nitro groups is 1. The lowest BCUT2D eigenvalue weighted by Crippen LogP contribution is -2.07. The number of nitrogens with one attached hydrogen (secondary N) is 2. The van der Waals surface area contributed by atoms with E-state index in [1.165, 1.54) is 18.5 Å². The first-order valence-electron chi connectivity index (χ1n) is 6.29. The Morgan fingerprint density at radius 3 is 2.67 bits per heavy atom. The van der Waals surface area contributed by atoms with Crippen molar-refractivity contribution in [2.24, 2.45) is 0 Å². The number of aryl methyl sites for hydroxylation is 1. The van der Waals surface area contributed by atoms with Crippen LogP contribution in [0.5, 0.6) is 0 Å². The van der Waals surface area contributed by atoms with Gasteiger partial charge in [0, 0.05) is 12.2 Å². The van der Waals surface area contributed by atoms with Crippen molar-refractivity contribution in [3.05, 3.63) is 46.0 Å². The fourth-order valence-electron chi connectivity index (χ4n) is 1.80. The molecular formula is C13H14FN5O2. The van der Waals surface area contributed by atoms with Gasteiger partial charge in [0.1, 0.15) is 12.1 Å². The molecule has 0 saturated heterocycles. The van der Waals surface area contributed by atoms with Crippen LogP contribution in [0, 0.1) is 22.9 Å². The highest BCUT2D eigenvalue weighted by Gasteiger charge is 2.22. The summed E-state index contributed by atoms with van der Waals surface area (Å²) < 4.78 is 13.2. The summed E-state index contributed by atoms with van der Waals surface area (Å²) in [6.45, 7) is 3.91. The summed E-state index contributed by atoms with van der Waals surface area (Å²) in [7, 11) is 0. The molecule has 1 aromatic heterocycles. The minimum Gasteiger partial charge on any atom is -0.364 e. The number of hydrogen-bond donors (Lipinski definition) is 2. The van der Waals surface area contributed by atoms with Gasteiger partial charge in [0.15, 0.2) is 0 Å². The second-order valence-corrected chi connectivity index (χ2v) is 4.30. The zero-order valence-electron chi connectivity index (χ0n) is 11.6. The van der Waals surface area contributed by atoms with Crippen LogP contribution in [0.4, 0.5) is 27.4 Å². The zero-order valence-corrected chi connectivity index (χ0v) is 11.6. The Bertz CT molecular complexity index is 678. The van der Waals surface area contributed by atoms with Crippen LogP contribution in [0.1, 0.15) is 12.5 Å². The molecule has 0 atom stereocenters. The van der Waals surface area contributed by atoms with Crippen molar-refractivity contribution >= 4 is 23.0 Å². The Morgan fingerprint density at radius 1 is 1.33 bits per heavy atom. The standard InChI is InChI=1S/C13H14FN5O2/c1-3-15-12-11(19(20)21)13(17-7-16-12)18-9-4-5-10(14)8(2)6-9/h4-7H,3H2,1-2H3,(H2,15,16,17,18). The van der Waals surface area contributed by atoms with Crippen LogP contribution in [-0.4, -0.2) is 21.4 Å². The lowest BCUT2D eigenvalue weighted by Gasteiger charge is -2.09. The summed E-state index contributed by atoms with van der Waals surface area (Å²) in [4.78, 5) is 18.4. The van der Waals surface area contributed by atoms with Crippen LogP contribution in [0.15, 0.2) is 24.5 Å². The zero-order chi connectivity index (χ0) is 15.4. The molecule has 1 aromatic carbocycles. The van der Waals surface area contributed by atoms with Crippen LogP contribution in [-0.2, 0) is 0 Å². The molecule has 0 spiro atoms. The van der Waals surface area contributed by atoms with Crippen LogP contribution < -0.4 is 10.6 Å². The summed E-state index contributed by atoms with van der Waals surface area (Å²) in [5, 5.41) is 16.8. The first-order chi connectivity index (χ1) is 10.0. The van der Waals surface area contributed by atoms with Gasteiger partial charge in [0.2, 0.25) is 11.6 Å². The van der Waals surface area contributed by atoms with E-state index in [0.29, 0.717) is 17.8 Å². The summed E-state index contributed by atoms with van der Waals surface area (Å²) >= 11 is 0. The van der Waals surface area contributed by atoms with Crippen molar-refractivity contribution < 1.29 is 9.31 Å². The van der Waals surface area contributed by atoms with Gasteiger partial charge < -0.3 is 10.6 Å². The van der Waals surface area contributed by atoms with E-state index in [1.807, 2.05) is 6.92 Å². The third kappa shape index (κ3) is 3.22. The largest absolute Gasteiger partial charge is 0.364 e. The average molecular weight is 291 g/mol. The van der Waals surface area contributed by atoms with Gasteiger partial charge in [-0.15, -0.1) is 0 Å². The molecule has 0 amide bonds. The van der Waals surface area contributed by atoms with E-state index in [4.69, 9.17) is 0 Å². The minimum absolute atomic E-state index is 0.0527. The van der Waals surface area contributed by atoms with E-state index < -0.39 is 4.92 Å². The third-order valence-electron chi connectivity index (χ3n) is 2.77. The highest BCUT2D eigenvalue weighted by Crippen LogP contribution is 2.31. The Hall–Kier alpha value is -2.77. The van der Waals surface area contributed by atoms with Crippen molar-refractivity contribution in [3.8, 4) is 0 Å². The summed E-state index contributed by atoms with van der Waals surface area (Å²) in [6.07, 6.45) is 1.23. The molecule has 2 N–H and O–H groups in total. The van der Waals surface area contributed by atoms with E-state index in [1.54, 1.807) is 13.0 Å². The average Bonchev–Trinajstić information content (AvgIpc) is 2.43. The first kappa shape index (κ1) is 14.6. The van der Waals surface area contributed by atoms with Crippen LogP contribution in [0.25, 0.3) is 0 Å². The molecule has 7 nitrogen and oxygen atoms in total. The molecule has 0 radical (unpaired) electrons. The van der Waals surface area contributed by atoms with Gasteiger partial charge in [-0.05, 0) is 37.6 Å². The molecule has 0 bridgehead atoms. The van der Waals surface area contributed by atoms with Gasteiger partial charge in [0.25, 0.3) is 0 Å². The van der Waals surface area contributed by atoms with Crippen LogP contribution >= 0.6 is 0 Å². The maximum atomic E-state index is 13.2. The maximum Gasteiger partial charge on any atom is 0.353 e.